The molecule has 80 valence electrons. The number of hydrogen-bond donors (Lipinski definition) is 2. The van der Waals surface area contributed by atoms with Crippen molar-refractivity contribution in [2.75, 3.05) is 19.6 Å². The molecule has 2 N–H and O–H groups in total. The first-order chi connectivity index (χ1) is 6.77. The number of amides is 1. The molecule has 1 saturated carbocycles. The third kappa shape index (κ3) is 2.47. The maximum absolute atomic E-state index is 11.5. The monoisotopic (exact) mass is 196 g/mol. The predicted octanol–water partition coefficient (Wildman–Crippen LogP) is 0.758. The van der Waals surface area contributed by atoms with Gasteiger partial charge in [-0.25, -0.2) is 0 Å². The second-order valence-corrected chi connectivity index (χ2v) is 4.76. The van der Waals surface area contributed by atoms with Crippen molar-refractivity contribution in [3.63, 3.8) is 0 Å². The molecule has 1 heterocycles. The maximum Gasteiger partial charge on any atom is 0.223 e. The van der Waals surface area contributed by atoms with Gasteiger partial charge in [-0.05, 0) is 44.2 Å². The molecular weight excluding hydrogens is 176 g/mol. The summed E-state index contributed by atoms with van der Waals surface area (Å²) in [6.07, 6.45) is 3.51. The molecular formula is C11H20N2O. The molecule has 0 aromatic rings. The van der Waals surface area contributed by atoms with Crippen LogP contribution < -0.4 is 10.6 Å². The Morgan fingerprint density at radius 3 is 2.64 bits per heavy atom. The topological polar surface area (TPSA) is 41.1 Å². The average molecular weight is 196 g/mol. The van der Waals surface area contributed by atoms with E-state index in [1.165, 1.54) is 12.8 Å². The number of rotatable bonds is 3. The predicted molar refractivity (Wildman–Crippen MR) is 55.9 cm³/mol. The first kappa shape index (κ1) is 9.97. The molecule has 3 nitrogen and oxygen atoms in total. The number of hydrogen-bond acceptors (Lipinski definition) is 2. The van der Waals surface area contributed by atoms with E-state index in [4.69, 9.17) is 0 Å². The van der Waals surface area contributed by atoms with Gasteiger partial charge in [0.15, 0.2) is 0 Å². The van der Waals surface area contributed by atoms with E-state index in [1.807, 2.05) is 0 Å². The quantitative estimate of drug-likeness (QED) is 0.699. The van der Waals surface area contributed by atoms with E-state index in [0.29, 0.717) is 17.8 Å². The third-order valence-electron chi connectivity index (χ3n) is 3.47. The molecule has 1 amide bonds. The third-order valence-corrected chi connectivity index (χ3v) is 3.47. The molecule has 1 aliphatic carbocycles. The molecule has 2 atom stereocenters. The van der Waals surface area contributed by atoms with E-state index in [-0.39, 0.29) is 5.91 Å². The van der Waals surface area contributed by atoms with E-state index in [0.717, 1.165) is 26.1 Å². The van der Waals surface area contributed by atoms with Crippen LogP contribution in [-0.2, 0) is 4.79 Å². The second kappa shape index (κ2) is 4.30. The van der Waals surface area contributed by atoms with Gasteiger partial charge in [0.1, 0.15) is 0 Å². The van der Waals surface area contributed by atoms with Crippen molar-refractivity contribution >= 4 is 5.91 Å². The number of carbonyl (C=O) groups excluding carboxylic acids is 1. The largest absolute Gasteiger partial charge is 0.356 e. The highest BCUT2D eigenvalue weighted by molar-refractivity contribution is 5.81. The Morgan fingerprint density at radius 1 is 1.43 bits per heavy atom. The van der Waals surface area contributed by atoms with Gasteiger partial charge in [-0.15, -0.1) is 0 Å². The van der Waals surface area contributed by atoms with Crippen molar-refractivity contribution in [2.24, 2.45) is 17.8 Å². The number of carbonyl (C=O) groups is 1. The van der Waals surface area contributed by atoms with Crippen LogP contribution in [0.2, 0.25) is 0 Å². The van der Waals surface area contributed by atoms with Gasteiger partial charge in [-0.1, -0.05) is 6.92 Å². The maximum atomic E-state index is 11.5. The molecule has 2 aliphatic rings. The van der Waals surface area contributed by atoms with Gasteiger partial charge in [-0.2, -0.15) is 0 Å². The summed E-state index contributed by atoms with van der Waals surface area (Å²) in [5, 5.41) is 6.41. The van der Waals surface area contributed by atoms with Crippen LogP contribution in [0.4, 0.5) is 0 Å². The molecule has 1 aliphatic heterocycles. The molecule has 14 heavy (non-hydrogen) atoms. The van der Waals surface area contributed by atoms with Crippen LogP contribution in [0.1, 0.15) is 26.2 Å². The van der Waals surface area contributed by atoms with Crippen LogP contribution in [0.15, 0.2) is 0 Å². The van der Waals surface area contributed by atoms with Crippen LogP contribution in [-0.4, -0.2) is 25.5 Å². The Balaban J connectivity index is 1.63. The lowest BCUT2D eigenvalue weighted by Gasteiger charge is -2.22. The zero-order valence-corrected chi connectivity index (χ0v) is 8.88. The van der Waals surface area contributed by atoms with E-state index in [9.17, 15) is 4.79 Å². The number of piperidine rings is 1. The smallest absolute Gasteiger partial charge is 0.223 e. The van der Waals surface area contributed by atoms with Gasteiger partial charge in [0, 0.05) is 12.5 Å². The van der Waals surface area contributed by atoms with Gasteiger partial charge in [0.05, 0.1) is 0 Å². The highest BCUT2D eigenvalue weighted by atomic mass is 16.2. The van der Waals surface area contributed by atoms with Crippen LogP contribution in [0.3, 0.4) is 0 Å². The fourth-order valence-electron chi connectivity index (χ4n) is 2.15. The molecule has 0 aromatic heterocycles. The summed E-state index contributed by atoms with van der Waals surface area (Å²) < 4.78 is 0. The summed E-state index contributed by atoms with van der Waals surface area (Å²) >= 11 is 0. The highest BCUT2D eigenvalue weighted by Crippen LogP contribution is 2.37. The lowest BCUT2D eigenvalue weighted by atomic mass is 9.98. The molecule has 0 radical (unpaired) electrons. The lowest BCUT2D eigenvalue weighted by molar-refractivity contribution is -0.122. The fraction of sp³-hybridized carbons (Fsp3) is 0.909. The minimum absolute atomic E-state index is 0.288. The minimum Gasteiger partial charge on any atom is -0.356 e. The van der Waals surface area contributed by atoms with Crippen molar-refractivity contribution in [3.8, 4) is 0 Å². The molecule has 3 heteroatoms. The summed E-state index contributed by atoms with van der Waals surface area (Å²) in [5.74, 6) is 1.95. The molecule has 0 bridgehead atoms. The Morgan fingerprint density at radius 2 is 2.07 bits per heavy atom. The summed E-state index contributed by atoms with van der Waals surface area (Å²) in [4.78, 5) is 11.5. The normalized spacial score (nSPS) is 32.6. The number of nitrogens with one attached hydrogen (secondary N) is 2. The van der Waals surface area contributed by atoms with Gasteiger partial charge >= 0.3 is 0 Å². The second-order valence-electron chi connectivity index (χ2n) is 4.76. The van der Waals surface area contributed by atoms with Crippen molar-refractivity contribution in [3.05, 3.63) is 0 Å². The van der Waals surface area contributed by atoms with E-state index >= 15 is 0 Å². The molecule has 0 aromatic carbocycles. The zero-order chi connectivity index (χ0) is 9.97. The van der Waals surface area contributed by atoms with Gasteiger partial charge in [-0.3, -0.25) is 4.79 Å². The van der Waals surface area contributed by atoms with E-state index in [1.54, 1.807) is 0 Å². The van der Waals surface area contributed by atoms with Gasteiger partial charge < -0.3 is 10.6 Å². The van der Waals surface area contributed by atoms with E-state index < -0.39 is 0 Å². The zero-order valence-electron chi connectivity index (χ0n) is 8.88. The standard InChI is InChI=1S/C11H20N2O/c1-8-6-10(8)11(14)13-7-9-2-4-12-5-3-9/h8-10,12H,2-7H2,1H3,(H,13,14). The summed E-state index contributed by atoms with van der Waals surface area (Å²) in [5.41, 5.74) is 0. The molecule has 2 unspecified atom stereocenters. The average Bonchev–Trinajstić information content (AvgIpc) is 2.94. The van der Waals surface area contributed by atoms with Crippen LogP contribution >= 0.6 is 0 Å². The van der Waals surface area contributed by atoms with Crippen LogP contribution in [0.5, 0.6) is 0 Å². The Hall–Kier alpha value is -0.570. The van der Waals surface area contributed by atoms with Gasteiger partial charge in [0.25, 0.3) is 0 Å². The van der Waals surface area contributed by atoms with E-state index in [2.05, 4.69) is 17.6 Å². The van der Waals surface area contributed by atoms with Crippen molar-refractivity contribution in [1.29, 1.82) is 0 Å². The first-order valence-corrected chi connectivity index (χ1v) is 5.76. The Labute approximate surface area is 85.6 Å². The Bertz CT molecular complexity index is 211. The first-order valence-electron chi connectivity index (χ1n) is 5.76. The Kier molecular flexibility index (Phi) is 3.06. The molecule has 2 fully saturated rings. The minimum atomic E-state index is 0.288. The fourth-order valence-corrected chi connectivity index (χ4v) is 2.15. The van der Waals surface area contributed by atoms with Crippen molar-refractivity contribution in [2.45, 2.75) is 26.2 Å². The van der Waals surface area contributed by atoms with Crippen LogP contribution in [0.25, 0.3) is 0 Å². The summed E-state index contributed by atoms with van der Waals surface area (Å²) in [7, 11) is 0. The van der Waals surface area contributed by atoms with Crippen molar-refractivity contribution in [1.82, 2.24) is 10.6 Å². The van der Waals surface area contributed by atoms with Crippen LogP contribution in [0, 0.1) is 17.8 Å². The highest BCUT2D eigenvalue weighted by Gasteiger charge is 2.38. The molecule has 2 rings (SSSR count). The van der Waals surface area contributed by atoms with Gasteiger partial charge in [0.2, 0.25) is 5.91 Å². The van der Waals surface area contributed by atoms with Crippen molar-refractivity contribution < 1.29 is 4.79 Å². The molecule has 0 spiro atoms. The summed E-state index contributed by atoms with van der Waals surface area (Å²) in [6.45, 7) is 5.26. The molecule has 1 saturated heterocycles. The SMILES string of the molecule is CC1CC1C(=O)NCC1CCNCC1. The summed E-state index contributed by atoms with van der Waals surface area (Å²) in [6, 6.07) is 0. The lowest BCUT2D eigenvalue weighted by Crippen LogP contribution is -2.36.